The van der Waals surface area contributed by atoms with Crippen LogP contribution in [0.4, 0.5) is 0 Å². The molecule has 0 radical (unpaired) electrons. The molecule has 0 bridgehead atoms. The SMILES string of the molecule is Cn1ccc2cc(C=CCC=O)ccc21. The van der Waals surface area contributed by atoms with Gasteiger partial charge in [-0.1, -0.05) is 18.2 Å². The van der Waals surface area contributed by atoms with Gasteiger partial charge in [0.25, 0.3) is 0 Å². The van der Waals surface area contributed by atoms with E-state index in [1.165, 1.54) is 10.9 Å². The van der Waals surface area contributed by atoms with Crippen molar-refractivity contribution in [1.82, 2.24) is 4.57 Å². The van der Waals surface area contributed by atoms with E-state index in [2.05, 4.69) is 28.8 Å². The van der Waals surface area contributed by atoms with E-state index < -0.39 is 0 Å². The summed E-state index contributed by atoms with van der Waals surface area (Å²) in [7, 11) is 2.03. The molecule has 0 saturated carbocycles. The van der Waals surface area contributed by atoms with Crippen molar-refractivity contribution in [2.24, 2.45) is 7.05 Å². The number of aldehydes is 1. The van der Waals surface area contributed by atoms with Crippen LogP contribution in [-0.2, 0) is 11.8 Å². The van der Waals surface area contributed by atoms with Crippen LogP contribution in [0.2, 0.25) is 0 Å². The predicted molar refractivity (Wildman–Crippen MR) is 62.6 cm³/mol. The van der Waals surface area contributed by atoms with Gasteiger partial charge in [0.2, 0.25) is 0 Å². The monoisotopic (exact) mass is 199 g/mol. The second kappa shape index (κ2) is 4.13. The maximum absolute atomic E-state index is 10.2. The van der Waals surface area contributed by atoms with E-state index in [0.29, 0.717) is 6.42 Å². The molecule has 2 rings (SSSR count). The lowest BCUT2D eigenvalue weighted by Gasteiger charge is -1.97. The fourth-order valence-corrected chi connectivity index (χ4v) is 1.66. The molecule has 76 valence electrons. The Labute approximate surface area is 88.8 Å². The number of aryl methyl sites for hydroxylation is 1. The number of aromatic nitrogens is 1. The van der Waals surface area contributed by atoms with Crippen molar-refractivity contribution >= 4 is 23.3 Å². The first-order chi connectivity index (χ1) is 7.31. The van der Waals surface area contributed by atoms with E-state index in [1.807, 2.05) is 25.4 Å². The standard InChI is InChI=1S/C13H13NO/c1-14-8-7-12-10-11(4-2-3-9-15)5-6-13(12)14/h2,4-10H,3H2,1H3. The molecule has 2 heteroatoms. The summed E-state index contributed by atoms with van der Waals surface area (Å²) in [5, 5.41) is 1.23. The second-order valence-electron chi connectivity index (χ2n) is 3.55. The third kappa shape index (κ3) is 1.99. The Balaban J connectivity index is 2.34. The summed E-state index contributed by atoms with van der Waals surface area (Å²) in [5.41, 5.74) is 2.36. The molecule has 0 aliphatic carbocycles. The Morgan fingerprint density at radius 1 is 1.33 bits per heavy atom. The van der Waals surface area contributed by atoms with Crippen LogP contribution >= 0.6 is 0 Å². The van der Waals surface area contributed by atoms with Crippen LogP contribution < -0.4 is 0 Å². The topological polar surface area (TPSA) is 22.0 Å². The Morgan fingerprint density at radius 2 is 2.20 bits per heavy atom. The van der Waals surface area contributed by atoms with Gasteiger partial charge in [-0.15, -0.1) is 0 Å². The van der Waals surface area contributed by atoms with Crippen LogP contribution in [0.1, 0.15) is 12.0 Å². The molecule has 0 aliphatic rings. The lowest BCUT2D eigenvalue weighted by molar-refractivity contribution is -0.107. The van der Waals surface area contributed by atoms with E-state index in [0.717, 1.165) is 11.8 Å². The van der Waals surface area contributed by atoms with Gasteiger partial charge in [0, 0.05) is 30.6 Å². The van der Waals surface area contributed by atoms with Crippen LogP contribution in [-0.4, -0.2) is 10.9 Å². The van der Waals surface area contributed by atoms with E-state index in [1.54, 1.807) is 0 Å². The number of rotatable bonds is 3. The van der Waals surface area contributed by atoms with Crippen LogP contribution in [0, 0.1) is 0 Å². The van der Waals surface area contributed by atoms with Gasteiger partial charge >= 0.3 is 0 Å². The third-order valence-corrected chi connectivity index (χ3v) is 2.45. The second-order valence-corrected chi connectivity index (χ2v) is 3.55. The van der Waals surface area contributed by atoms with Gasteiger partial charge in [-0.25, -0.2) is 0 Å². The lowest BCUT2D eigenvalue weighted by Crippen LogP contribution is -1.83. The summed E-state index contributed by atoms with van der Waals surface area (Å²) in [4.78, 5) is 10.2. The van der Waals surface area contributed by atoms with Crippen molar-refractivity contribution in [1.29, 1.82) is 0 Å². The molecule has 0 aliphatic heterocycles. The van der Waals surface area contributed by atoms with Crippen LogP contribution in [0.25, 0.3) is 17.0 Å². The maximum Gasteiger partial charge on any atom is 0.123 e. The van der Waals surface area contributed by atoms with Crippen molar-refractivity contribution in [3.63, 3.8) is 0 Å². The van der Waals surface area contributed by atoms with Crippen LogP contribution in [0.15, 0.2) is 36.5 Å². The number of carbonyl (C=O) groups excluding carboxylic acids is 1. The highest BCUT2D eigenvalue weighted by Gasteiger charge is 1.96. The van der Waals surface area contributed by atoms with Gasteiger partial charge in [0.1, 0.15) is 6.29 Å². The first-order valence-electron chi connectivity index (χ1n) is 4.96. The molecule has 1 aromatic carbocycles. The average molecular weight is 199 g/mol. The summed E-state index contributed by atoms with van der Waals surface area (Å²) < 4.78 is 2.09. The first-order valence-corrected chi connectivity index (χ1v) is 4.96. The highest BCUT2D eigenvalue weighted by Crippen LogP contribution is 2.17. The van der Waals surface area contributed by atoms with Crippen molar-refractivity contribution in [3.05, 3.63) is 42.1 Å². The van der Waals surface area contributed by atoms with Gasteiger partial charge in [-0.05, 0) is 23.8 Å². The minimum atomic E-state index is 0.479. The molecular weight excluding hydrogens is 186 g/mol. The molecular formula is C13H13NO. The summed E-state index contributed by atoms with van der Waals surface area (Å²) in [6, 6.07) is 8.36. The van der Waals surface area contributed by atoms with Gasteiger partial charge in [0.05, 0.1) is 0 Å². The summed E-state index contributed by atoms with van der Waals surface area (Å²) in [6.45, 7) is 0. The molecule has 0 N–H and O–H groups in total. The van der Waals surface area contributed by atoms with Crippen molar-refractivity contribution in [2.45, 2.75) is 6.42 Å². The summed E-state index contributed by atoms with van der Waals surface area (Å²) >= 11 is 0. The van der Waals surface area contributed by atoms with Gasteiger partial charge in [-0.3, -0.25) is 0 Å². The molecule has 1 heterocycles. The number of benzene rings is 1. The predicted octanol–water partition coefficient (Wildman–Crippen LogP) is 2.78. The molecule has 0 atom stereocenters. The zero-order valence-electron chi connectivity index (χ0n) is 8.68. The van der Waals surface area contributed by atoms with Gasteiger partial charge < -0.3 is 9.36 Å². The summed E-state index contributed by atoms with van der Waals surface area (Å²) in [5.74, 6) is 0. The normalized spacial score (nSPS) is 11.3. The molecule has 0 spiro atoms. The average Bonchev–Trinajstić information content (AvgIpc) is 2.61. The minimum Gasteiger partial charge on any atom is -0.351 e. The molecule has 0 unspecified atom stereocenters. The fourth-order valence-electron chi connectivity index (χ4n) is 1.66. The zero-order valence-corrected chi connectivity index (χ0v) is 8.68. The van der Waals surface area contributed by atoms with Crippen molar-refractivity contribution in [3.8, 4) is 0 Å². The molecule has 2 nitrogen and oxygen atoms in total. The Hall–Kier alpha value is -1.83. The van der Waals surface area contributed by atoms with Gasteiger partial charge in [0.15, 0.2) is 0 Å². The Bertz CT molecular complexity index is 508. The highest BCUT2D eigenvalue weighted by molar-refractivity contribution is 5.82. The molecule has 1 aromatic heterocycles. The fraction of sp³-hybridized carbons (Fsp3) is 0.154. The maximum atomic E-state index is 10.2. The van der Waals surface area contributed by atoms with E-state index in [9.17, 15) is 4.79 Å². The number of fused-ring (bicyclic) bond motifs is 1. The molecule has 0 saturated heterocycles. The molecule has 15 heavy (non-hydrogen) atoms. The first kappa shape index (κ1) is 9.71. The van der Waals surface area contributed by atoms with E-state index in [4.69, 9.17) is 0 Å². The number of hydrogen-bond donors (Lipinski definition) is 0. The summed E-state index contributed by atoms with van der Waals surface area (Å²) in [6.07, 6.45) is 7.27. The van der Waals surface area contributed by atoms with E-state index >= 15 is 0 Å². The van der Waals surface area contributed by atoms with Crippen LogP contribution in [0.5, 0.6) is 0 Å². The van der Waals surface area contributed by atoms with Crippen molar-refractivity contribution in [2.75, 3.05) is 0 Å². The largest absolute Gasteiger partial charge is 0.351 e. The Kier molecular flexibility index (Phi) is 2.68. The van der Waals surface area contributed by atoms with E-state index in [-0.39, 0.29) is 0 Å². The quantitative estimate of drug-likeness (QED) is 0.697. The lowest BCUT2D eigenvalue weighted by atomic mass is 10.1. The van der Waals surface area contributed by atoms with Crippen LogP contribution in [0.3, 0.4) is 0 Å². The number of carbonyl (C=O) groups is 1. The number of nitrogens with zero attached hydrogens (tertiary/aromatic N) is 1. The molecule has 0 amide bonds. The smallest absolute Gasteiger partial charge is 0.123 e. The minimum absolute atomic E-state index is 0.479. The zero-order chi connectivity index (χ0) is 10.7. The van der Waals surface area contributed by atoms with Gasteiger partial charge in [-0.2, -0.15) is 0 Å². The highest BCUT2D eigenvalue weighted by atomic mass is 16.1. The number of hydrogen-bond acceptors (Lipinski definition) is 1. The van der Waals surface area contributed by atoms with Crippen molar-refractivity contribution < 1.29 is 4.79 Å². The molecule has 0 fully saturated rings. The number of allylic oxidation sites excluding steroid dienone is 1. The Morgan fingerprint density at radius 3 is 3.00 bits per heavy atom. The third-order valence-electron chi connectivity index (χ3n) is 2.45. The molecule has 2 aromatic rings.